The van der Waals surface area contributed by atoms with Crippen molar-refractivity contribution in [3.63, 3.8) is 0 Å². The summed E-state index contributed by atoms with van der Waals surface area (Å²) in [5.41, 5.74) is 4.07. The molecule has 0 spiro atoms. The first-order chi connectivity index (χ1) is 9.25. The molecule has 0 aliphatic heterocycles. The highest BCUT2D eigenvalue weighted by atomic mass is 15.0. The van der Waals surface area contributed by atoms with E-state index < -0.39 is 0 Å². The van der Waals surface area contributed by atoms with Crippen molar-refractivity contribution in [2.45, 2.75) is 58.3 Å². The molecule has 1 aliphatic rings. The second-order valence-electron chi connectivity index (χ2n) is 6.23. The third-order valence-corrected chi connectivity index (χ3v) is 4.71. The van der Waals surface area contributed by atoms with Gasteiger partial charge in [0.05, 0.1) is 18.0 Å². The highest BCUT2D eigenvalue weighted by Gasteiger charge is 2.20. The molecule has 19 heavy (non-hydrogen) atoms. The van der Waals surface area contributed by atoms with Crippen molar-refractivity contribution in [2.24, 2.45) is 5.92 Å². The van der Waals surface area contributed by atoms with Crippen molar-refractivity contribution in [1.82, 2.24) is 9.38 Å². The van der Waals surface area contributed by atoms with Crippen molar-refractivity contribution in [2.75, 3.05) is 0 Å². The van der Waals surface area contributed by atoms with Crippen LogP contribution in [0.2, 0.25) is 0 Å². The molecule has 2 nitrogen and oxygen atoms in total. The van der Waals surface area contributed by atoms with Crippen LogP contribution in [0.4, 0.5) is 0 Å². The van der Waals surface area contributed by atoms with E-state index in [9.17, 15) is 0 Å². The summed E-state index contributed by atoms with van der Waals surface area (Å²) in [6, 6.07) is 4.41. The standard InChI is InChI=1S/C17H24N2/c1-13-8-9-16-11-18-12-19(16)17(13)14(2)10-15-6-4-3-5-7-15/h8-9,11-12,14-15H,3-7,10H2,1-2H3. The van der Waals surface area contributed by atoms with Crippen LogP contribution in [0.25, 0.3) is 5.52 Å². The van der Waals surface area contributed by atoms with Crippen LogP contribution < -0.4 is 0 Å². The summed E-state index contributed by atoms with van der Waals surface area (Å²) in [4.78, 5) is 4.30. The molecule has 0 N–H and O–H groups in total. The predicted molar refractivity (Wildman–Crippen MR) is 79.5 cm³/mol. The maximum atomic E-state index is 4.30. The van der Waals surface area contributed by atoms with E-state index >= 15 is 0 Å². The maximum absolute atomic E-state index is 4.30. The molecule has 1 unspecified atom stereocenters. The van der Waals surface area contributed by atoms with Gasteiger partial charge in [0.15, 0.2) is 0 Å². The highest BCUT2D eigenvalue weighted by Crippen LogP contribution is 2.34. The molecule has 1 saturated carbocycles. The van der Waals surface area contributed by atoms with E-state index in [0.717, 1.165) is 5.92 Å². The van der Waals surface area contributed by atoms with Gasteiger partial charge in [-0.2, -0.15) is 0 Å². The number of hydrogen-bond donors (Lipinski definition) is 0. The number of aryl methyl sites for hydroxylation is 1. The van der Waals surface area contributed by atoms with Gasteiger partial charge in [-0.1, -0.05) is 45.1 Å². The smallest absolute Gasteiger partial charge is 0.0994 e. The van der Waals surface area contributed by atoms with Crippen LogP contribution in [0.15, 0.2) is 24.7 Å². The average molecular weight is 256 g/mol. The molecular weight excluding hydrogens is 232 g/mol. The lowest BCUT2D eigenvalue weighted by molar-refractivity contribution is 0.320. The second-order valence-corrected chi connectivity index (χ2v) is 6.23. The summed E-state index contributed by atoms with van der Waals surface area (Å²) in [5.74, 6) is 1.56. The lowest BCUT2D eigenvalue weighted by atomic mass is 9.82. The maximum Gasteiger partial charge on any atom is 0.0994 e. The SMILES string of the molecule is Cc1ccc2cncn2c1C(C)CC1CCCCC1. The van der Waals surface area contributed by atoms with Gasteiger partial charge in [-0.15, -0.1) is 0 Å². The fourth-order valence-corrected chi connectivity index (χ4v) is 3.78. The first-order valence-electron chi connectivity index (χ1n) is 7.67. The van der Waals surface area contributed by atoms with Crippen molar-refractivity contribution in [3.05, 3.63) is 35.9 Å². The molecule has 0 amide bonds. The van der Waals surface area contributed by atoms with Crippen LogP contribution >= 0.6 is 0 Å². The van der Waals surface area contributed by atoms with E-state index in [0.29, 0.717) is 5.92 Å². The number of imidazole rings is 1. The fraction of sp³-hybridized carbons (Fsp3) is 0.588. The van der Waals surface area contributed by atoms with Crippen LogP contribution in [0.3, 0.4) is 0 Å². The normalized spacial score (nSPS) is 18.8. The summed E-state index contributed by atoms with van der Waals surface area (Å²) >= 11 is 0. The van der Waals surface area contributed by atoms with Gasteiger partial charge < -0.3 is 4.40 Å². The van der Waals surface area contributed by atoms with E-state index in [4.69, 9.17) is 0 Å². The Morgan fingerprint density at radius 3 is 2.84 bits per heavy atom. The first-order valence-corrected chi connectivity index (χ1v) is 7.67. The Morgan fingerprint density at radius 1 is 1.26 bits per heavy atom. The molecule has 1 atom stereocenters. The number of aromatic nitrogens is 2. The largest absolute Gasteiger partial charge is 0.303 e. The minimum Gasteiger partial charge on any atom is -0.303 e. The lowest BCUT2D eigenvalue weighted by Gasteiger charge is -2.26. The number of hydrogen-bond acceptors (Lipinski definition) is 1. The Bertz CT molecular complexity index is 549. The van der Waals surface area contributed by atoms with Crippen LogP contribution in [0.5, 0.6) is 0 Å². The zero-order valence-corrected chi connectivity index (χ0v) is 12.1. The van der Waals surface area contributed by atoms with Crippen LogP contribution in [-0.4, -0.2) is 9.38 Å². The van der Waals surface area contributed by atoms with Crippen LogP contribution in [0, 0.1) is 12.8 Å². The molecule has 2 heteroatoms. The van der Waals surface area contributed by atoms with Gasteiger partial charge in [0.2, 0.25) is 0 Å². The Kier molecular flexibility index (Phi) is 3.58. The van der Waals surface area contributed by atoms with Gasteiger partial charge in [0.1, 0.15) is 0 Å². The van der Waals surface area contributed by atoms with Crippen LogP contribution in [-0.2, 0) is 0 Å². The van der Waals surface area contributed by atoms with Crippen molar-refractivity contribution in [3.8, 4) is 0 Å². The zero-order valence-electron chi connectivity index (χ0n) is 12.1. The molecule has 0 radical (unpaired) electrons. The monoisotopic (exact) mass is 256 g/mol. The molecule has 0 aromatic carbocycles. The average Bonchev–Trinajstić information content (AvgIpc) is 2.87. The first kappa shape index (κ1) is 12.7. The topological polar surface area (TPSA) is 17.3 Å². The van der Waals surface area contributed by atoms with E-state index in [1.807, 2.05) is 12.5 Å². The second kappa shape index (κ2) is 5.36. The summed E-state index contributed by atoms with van der Waals surface area (Å²) in [6.45, 7) is 4.61. The molecule has 1 aliphatic carbocycles. The third-order valence-electron chi connectivity index (χ3n) is 4.71. The van der Waals surface area contributed by atoms with E-state index in [1.165, 1.54) is 55.3 Å². The quantitative estimate of drug-likeness (QED) is 0.777. The zero-order chi connectivity index (χ0) is 13.2. The van der Waals surface area contributed by atoms with Gasteiger partial charge >= 0.3 is 0 Å². The molecule has 1 fully saturated rings. The molecule has 2 aromatic heterocycles. The Morgan fingerprint density at radius 2 is 2.05 bits per heavy atom. The van der Waals surface area contributed by atoms with Crippen molar-refractivity contribution in [1.29, 1.82) is 0 Å². The van der Waals surface area contributed by atoms with Crippen molar-refractivity contribution >= 4 is 5.52 Å². The van der Waals surface area contributed by atoms with E-state index in [1.54, 1.807) is 0 Å². The van der Waals surface area contributed by atoms with Gasteiger partial charge in [-0.3, -0.25) is 0 Å². The summed E-state index contributed by atoms with van der Waals surface area (Å²) in [6.07, 6.45) is 12.4. The Hall–Kier alpha value is -1.31. The summed E-state index contributed by atoms with van der Waals surface area (Å²) in [5, 5.41) is 0. The molecular formula is C17H24N2. The number of fused-ring (bicyclic) bond motifs is 1. The van der Waals surface area contributed by atoms with Gasteiger partial charge in [0.25, 0.3) is 0 Å². The van der Waals surface area contributed by atoms with E-state index in [2.05, 4.69) is 35.4 Å². The van der Waals surface area contributed by atoms with Crippen LogP contribution in [0.1, 0.15) is 62.6 Å². The lowest BCUT2D eigenvalue weighted by Crippen LogP contribution is -2.12. The van der Waals surface area contributed by atoms with Gasteiger partial charge in [0, 0.05) is 5.69 Å². The number of nitrogens with zero attached hydrogens (tertiary/aromatic N) is 2. The predicted octanol–water partition coefficient (Wildman–Crippen LogP) is 4.72. The number of rotatable bonds is 3. The van der Waals surface area contributed by atoms with Gasteiger partial charge in [-0.05, 0) is 36.8 Å². The molecule has 0 saturated heterocycles. The minimum atomic E-state index is 0.626. The number of pyridine rings is 1. The van der Waals surface area contributed by atoms with Crippen molar-refractivity contribution < 1.29 is 0 Å². The fourth-order valence-electron chi connectivity index (χ4n) is 3.78. The molecule has 2 heterocycles. The summed E-state index contributed by atoms with van der Waals surface area (Å²) in [7, 11) is 0. The highest BCUT2D eigenvalue weighted by molar-refractivity contribution is 5.48. The molecule has 2 aromatic rings. The molecule has 3 rings (SSSR count). The third kappa shape index (κ3) is 2.54. The van der Waals surface area contributed by atoms with Gasteiger partial charge in [-0.25, -0.2) is 4.98 Å². The molecule has 102 valence electrons. The Labute approximate surface area is 115 Å². The Balaban J connectivity index is 1.85. The summed E-state index contributed by atoms with van der Waals surface area (Å²) < 4.78 is 2.28. The van der Waals surface area contributed by atoms with E-state index in [-0.39, 0.29) is 0 Å². The minimum absolute atomic E-state index is 0.626. The molecule has 0 bridgehead atoms.